The van der Waals surface area contributed by atoms with Crippen molar-refractivity contribution in [2.75, 3.05) is 4.90 Å². The maximum absolute atomic E-state index is 6.47. The van der Waals surface area contributed by atoms with Gasteiger partial charge in [-0.3, -0.25) is 0 Å². The molecule has 0 atom stereocenters. The lowest BCUT2D eigenvalue weighted by Crippen LogP contribution is -2.10. The molecule has 0 aliphatic rings. The van der Waals surface area contributed by atoms with E-state index in [0.29, 0.717) is 0 Å². The number of hydrogen-bond donors (Lipinski definition) is 0. The van der Waals surface area contributed by atoms with E-state index >= 15 is 0 Å². The molecule has 0 spiro atoms. The van der Waals surface area contributed by atoms with Gasteiger partial charge in [-0.25, -0.2) is 0 Å². The van der Waals surface area contributed by atoms with Crippen molar-refractivity contribution < 1.29 is 4.42 Å². The van der Waals surface area contributed by atoms with Gasteiger partial charge in [0.25, 0.3) is 0 Å². The van der Waals surface area contributed by atoms with E-state index in [1.54, 1.807) is 0 Å². The lowest BCUT2D eigenvalue weighted by Gasteiger charge is -2.27. The fourth-order valence-electron chi connectivity index (χ4n) is 8.07. The van der Waals surface area contributed by atoms with E-state index in [4.69, 9.17) is 4.42 Å². The number of anilines is 3. The smallest absolute Gasteiger partial charge is 0.137 e. The number of hydrogen-bond acceptors (Lipinski definition) is 3. The fraction of sp³-hybridized carbons (Fsp3) is 0. The molecule has 0 aliphatic carbocycles. The van der Waals surface area contributed by atoms with Crippen molar-refractivity contribution in [1.29, 1.82) is 0 Å². The number of para-hydroxylation sites is 3. The van der Waals surface area contributed by atoms with Gasteiger partial charge in [0.2, 0.25) is 0 Å². The topological polar surface area (TPSA) is 21.3 Å². The zero-order chi connectivity index (χ0) is 32.8. The number of benzene rings is 8. The summed E-state index contributed by atoms with van der Waals surface area (Å²) in [6.07, 6.45) is 0. The molecule has 0 saturated carbocycles. The molecule has 11 rings (SSSR count). The number of thiophene rings is 1. The van der Waals surface area contributed by atoms with E-state index in [0.717, 1.165) is 50.2 Å². The number of nitrogens with zero attached hydrogens (tertiary/aromatic N) is 2. The van der Waals surface area contributed by atoms with Gasteiger partial charge in [-0.2, -0.15) is 0 Å². The summed E-state index contributed by atoms with van der Waals surface area (Å²) in [6.45, 7) is 0. The fourth-order valence-corrected chi connectivity index (χ4v) is 9.17. The highest BCUT2D eigenvalue weighted by Crippen LogP contribution is 2.49. The second-order valence-corrected chi connectivity index (χ2v) is 14.0. The Labute approximate surface area is 291 Å². The van der Waals surface area contributed by atoms with Gasteiger partial charge in [-0.1, -0.05) is 97.1 Å². The van der Waals surface area contributed by atoms with Gasteiger partial charge in [0.15, 0.2) is 0 Å². The molecule has 0 unspecified atom stereocenters. The van der Waals surface area contributed by atoms with Gasteiger partial charge in [0, 0.05) is 47.7 Å². The molecular formula is C46H28N2OS. The third kappa shape index (κ3) is 3.91. The van der Waals surface area contributed by atoms with Crippen LogP contribution in [0.5, 0.6) is 0 Å². The number of aromatic nitrogens is 1. The molecule has 0 bridgehead atoms. The van der Waals surface area contributed by atoms with Crippen LogP contribution >= 0.6 is 11.3 Å². The molecule has 11 aromatic rings. The average molecular weight is 657 g/mol. The molecule has 3 aromatic heterocycles. The largest absolute Gasteiger partial charge is 0.456 e. The van der Waals surface area contributed by atoms with Crippen molar-refractivity contribution in [3.63, 3.8) is 0 Å². The Morgan fingerprint density at radius 1 is 0.440 bits per heavy atom. The van der Waals surface area contributed by atoms with E-state index in [-0.39, 0.29) is 0 Å². The van der Waals surface area contributed by atoms with Crippen LogP contribution in [0.25, 0.3) is 80.4 Å². The van der Waals surface area contributed by atoms with Crippen LogP contribution in [0.15, 0.2) is 174 Å². The molecule has 0 fully saturated rings. The first-order valence-corrected chi connectivity index (χ1v) is 17.8. The third-order valence-electron chi connectivity index (χ3n) is 10.2. The summed E-state index contributed by atoms with van der Waals surface area (Å²) in [7, 11) is 0. The summed E-state index contributed by atoms with van der Waals surface area (Å²) >= 11 is 1.86. The first-order chi connectivity index (χ1) is 24.8. The molecule has 0 saturated heterocycles. The Morgan fingerprint density at radius 2 is 1.12 bits per heavy atom. The Morgan fingerprint density at radius 3 is 2.02 bits per heavy atom. The van der Waals surface area contributed by atoms with Crippen LogP contribution in [0.2, 0.25) is 0 Å². The molecule has 3 nitrogen and oxygen atoms in total. The summed E-state index contributed by atoms with van der Waals surface area (Å²) in [4.78, 5) is 2.46. The minimum absolute atomic E-state index is 0.876. The number of fused-ring (bicyclic) bond motifs is 11. The molecule has 234 valence electrons. The minimum atomic E-state index is 0.876. The van der Waals surface area contributed by atoms with E-state index in [1.807, 2.05) is 17.4 Å². The Balaban J connectivity index is 1.28. The lowest BCUT2D eigenvalue weighted by atomic mass is 10.0. The van der Waals surface area contributed by atoms with Crippen LogP contribution in [-0.4, -0.2) is 4.57 Å². The maximum atomic E-state index is 6.47. The Bertz CT molecular complexity index is 3110. The molecule has 3 heterocycles. The van der Waals surface area contributed by atoms with Gasteiger partial charge in [-0.15, -0.1) is 11.3 Å². The lowest BCUT2D eigenvalue weighted by molar-refractivity contribution is 0.669. The minimum Gasteiger partial charge on any atom is -0.456 e. The molecule has 0 amide bonds. The zero-order valence-corrected chi connectivity index (χ0v) is 27.7. The van der Waals surface area contributed by atoms with Crippen LogP contribution in [-0.2, 0) is 0 Å². The highest BCUT2D eigenvalue weighted by Gasteiger charge is 2.24. The van der Waals surface area contributed by atoms with Gasteiger partial charge < -0.3 is 13.9 Å². The van der Waals surface area contributed by atoms with Crippen LogP contribution in [0.3, 0.4) is 0 Å². The summed E-state index contributed by atoms with van der Waals surface area (Å²) in [5, 5.41) is 9.76. The van der Waals surface area contributed by atoms with E-state index in [9.17, 15) is 0 Å². The van der Waals surface area contributed by atoms with E-state index in [1.165, 1.54) is 47.2 Å². The molecule has 4 heteroatoms. The average Bonchev–Trinajstić information content (AvgIpc) is 3.85. The van der Waals surface area contributed by atoms with Crippen molar-refractivity contribution in [2.24, 2.45) is 0 Å². The summed E-state index contributed by atoms with van der Waals surface area (Å²) in [5.74, 6) is 0. The Hall–Kier alpha value is -6.36. The summed E-state index contributed by atoms with van der Waals surface area (Å²) in [6, 6.07) is 61.2. The van der Waals surface area contributed by atoms with Crippen molar-refractivity contribution in [2.45, 2.75) is 0 Å². The van der Waals surface area contributed by atoms with Crippen LogP contribution < -0.4 is 4.90 Å². The van der Waals surface area contributed by atoms with Crippen molar-refractivity contribution in [3.05, 3.63) is 170 Å². The quantitative estimate of drug-likeness (QED) is 0.188. The van der Waals surface area contributed by atoms with Gasteiger partial charge in [0.05, 0.1) is 27.8 Å². The zero-order valence-electron chi connectivity index (χ0n) is 26.9. The molecule has 50 heavy (non-hydrogen) atoms. The maximum Gasteiger partial charge on any atom is 0.137 e. The Kier molecular flexibility index (Phi) is 5.83. The van der Waals surface area contributed by atoms with Gasteiger partial charge >= 0.3 is 0 Å². The second kappa shape index (κ2) is 10.6. The number of furan rings is 1. The predicted molar refractivity (Wildman–Crippen MR) is 213 cm³/mol. The van der Waals surface area contributed by atoms with Crippen LogP contribution in [0.1, 0.15) is 0 Å². The molecule has 0 aliphatic heterocycles. The highest BCUT2D eigenvalue weighted by molar-refractivity contribution is 7.26. The van der Waals surface area contributed by atoms with Crippen LogP contribution in [0, 0.1) is 0 Å². The second-order valence-electron chi connectivity index (χ2n) is 12.9. The first-order valence-electron chi connectivity index (χ1n) is 16.9. The SMILES string of the molecule is c1ccc(-n2c3ccccc3c3c(N(c4ccc5sc6ccc7ccccc7c6c5c4)c4cccc5oc6ccccc6c45)cccc32)cc1. The van der Waals surface area contributed by atoms with E-state index < -0.39 is 0 Å². The first kappa shape index (κ1) is 27.6. The van der Waals surface area contributed by atoms with Crippen molar-refractivity contribution >= 4 is 103 Å². The van der Waals surface area contributed by atoms with E-state index in [2.05, 4.69) is 173 Å². The predicted octanol–water partition coefficient (Wildman–Crippen LogP) is 13.7. The molecular weight excluding hydrogens is 629 g/mol. The molecule has 0 radical (unpaired) electrons. The van der Waals surface area contributed by atoms with Gasteiger partial charge in [-0.05, 0) is 83.6 Å². The highest BCUT2D eigenvalue weighted by atomic mass is 32.1. The standard InChI is InChI=1S/C46H28N2OS/c1-2-13-30(14-3-1)47-36-18-8-6-16-33(36)45-37(47)19-10-20-38(45)48(39-21-11-23-41-46(39)34-17-7-9-22-40(34)49-41)31-25-27-42-35(28-31)44-32-15-5-4-12-29(32)24-26-43(44)50-42/h1-28H. The van der Waals surface area contributed by atoms with Crippen LogP contribution in [0.4, 0.5) is 17.1 Å². The van der Waals surface area contributed by atoms with Crippen molar-refractivity contribution in [3.8, 4) is 5.69 Å². The number of rotatable bonds is 4. The van der Waals surface area contributed by atoms with Crippen molar-refractivity contribution in [1.82, 2.24) is 4.57 Å². The third-order valence-corrected chi connectivity index (χ3v) is 11.3. The summed E-state index contributed by atoms with van der Waals surface area (Å²) in [5.41, 5.74) is 8.56. The monoisotopic (exact) mass is 656 g/mol. The normalized spacial score (nSPS) is 12.0. The van der Waals surface area contributed by atoms with Gasteiger partial charge in [0.1, 0.15) is 11.2 Å². The molecule has 0 N–H and O–H groups in total. The summed E-state index contributed by atoms with van der Waals surface area (Å²) < 4.78 is 11.4. The molecule has 8 aromatic carbocycles.